The standard InChI is InChI=1S/C22H18N2O4S/c1-29-18-6-2-4-15(11-18)24-22-19(21(26)23-13-17-5-3-9-27-17)10-14-7-8-16(25)12-20(14)28-22/h2-12,25H,13H2,1H3,(H,23,26). The average Bonchev–Trinajstić information content (AvgIpc) is 3.25. The van der Waals surface area contributed by atoms with Crippen LogP contribution < -0.4 is 10.9 Å². The smallest absolute Gasteiger partial charge is 0.257 e. The Labute approximate surface area is 170 Å². The van der Waals surface area contributed by atoms with Crippen LogP contribution in [0.2, 0.25) is 0 Å². The van der Waals surface area contributed by atoms with Crippen LogP contribution in [0.1, 0.15) is 16.1 Å². The van der Waals surface area contributed by atoms with Crippen molar-refractivity contribution in [3.8, 4) is 5.75 Å². The number of fused-ring (bicyclic) bond motifs is 1. The molecule has 2 N–H and O–H groups in total. The van der Waals surface area contributed by atoms with Crippen LogP contribution in [0.25, 0.3) is 11.0 Å². The lowest BCUT2D eigenvalue weighted by atomic mass is 10.1. The van der Waals surface area contributed by atoms with Crippen molar-refractivity contribution in [3.63, 3.8) is 0 Å². The van der Waals surface area contributed by atoms with E-state index in [4.69, 9.17) is 8.83 Å². The molecule has 0 bridgehead atoms. The van der Waals surface area contributed by atoms with E-state index < -0.39 is 0 Å². The summed E-state index contributed by atoms with van der Waals surface area (Å²) < 4.78 is 11.2. The zero-order chi connectivity index (χ0) is 20.2. The molecule has 4 aromatic rings. The number of amides is 1. The van der Waals surface area contributed by atoms with Gasteiger partial charge in [-0.3, -0.25) is 4.79 Å². The fourth-order valence-electron chi connectivity index (χ4n) is 2.83. The van der Waals surface area contributed by atoms with Crippen molar-refractivity contribution in [1.29, 1.82) is 0 Å². The minimum atomic E-state index is -0.333. The quantitative estimate of drug-likeness (QED) is 0.472. The van der Waals surface area contributed by atoms with Gasteiger partial charge in [-0.15, -0.1) is 11.8 Å². The van der Waals surface area contributed by atoms with Gasteiger partial charge >= 0.3 is 0 Å². The topological polar surface area (TPSA) is 88.0 Å². The fraction of sp³-hybridized carbons (Fsp3) is 0.0909. The third-order valence-electron chi connectivity index (χ3n) is 4.27. The molecule has 6 nitrogen and oxygen atoms in total. The van der Waals surface area contributed by atoms with Crippen LogP contribution in [0.3, 0.4) is 0 Å². The Bertz CT molecular complexity index is 1230. The van der Waals surface area contributed by atoms with E-state index in [1.54, 1.807) is 48.4 Å². The van der Waals surface area contributed by atoms with E-state index in [9.17, 15) is 9.90 Å². The van der Waals surface area contributed by atoms with Crippen LogP contribution in [0.15, 0.2) is 85.6 Å². The van der Waals surface area contributed by atoms with Crippen molar-refractivity contribution in [2.24, 2.45) is 4.99 Å². The van der Waals surface area contributed by atoms with Crippen LogP contribution >= 0.6 is 11.8 Å². The molecule has 2 aromatic heterocycles. The van der Waals surface area contributed by atoms with Crippen LogP contribution in [-0.2, 0) is 6.54 Å². The van der Waals surface area contributed by atoms with Crippen LogP contribution in [-0.4, -0.2) is 17.3 Å². The number of furan rings is 1. The van der Waals surface area contributed by atoms with Crippen molar-refractivity contribution in [2.45, 2.75) is 11.4 Å². The number of phenolic OH excluding ortho intramolecular Hbond substituents is 1. The van der Waals surface area contributed by atoms with Gasteiger partial charge in [-0.05, 0) is 54.8 Å². The van der Waals surface area contributed by atoms with Gasteiger partial charge in [0, 0.05) is 16.3 Å². The Kier molecular flexibility index (Phi) is 5.39. The van der Waals surface area contributed by atoms with E-state index in [-0.39, 0.29) is 23.8 Å². The number of thioether (sulfide) groups is 1. The molecule has 0 saturated carbocycles. The molecule has 0 aliphatic rings. The molecule has 29 heavy (non-hydrogen) atoms. The molecule has 146 valence electrons. The molecule has 4 rings (SSSR count). The number of nitrogens with zero attached hydrogens (tertiary/aromatic N) is 1. The van der Waals surface area contributed by atoms with Crippen molar-refractivity contribution in [2.75, 3.05) is 6.26 Å². The molecule has 0 radical (unpaired) electrons. The van der Waals surface area contributed by atoms with Crippen molar-refractivity contribution >= 4 is 34.3 Å². The van der Waals surface area contributed by atoms with E-state index in [0.717, 1.165) is 4.90 Å². The highest BCUT2D eigenvalue weighted by atomic mass is 32.2. The molecule has 0 aliphatic carbocycles. The second-order valence-corrected chi connectivity index (χ2v) is 7.14. The lowest BCUT2D eigenvalue weighted by molar-refractivity contribution is 0.0944. The third kappa shape index (κ3) is 4.35. The molecule has 1 amide bonds. The summed E-state index contributed by atoms with van der Waals surface area (Å²) in [5.74, 6) is 0.388. The van der Waals surface area contributed by atoms with Gasteiger partial charge in [0.05, 0.1) is 18.5 Å². The maximum Gasteiger partial charge on any atom is 0.257 e. The third-order valence-corrected chi connectivity index (χ3v) is 4.99. The number of phenols is 1. The molecule has 0 spiro atoms. The van der Waals surface area contributed by atoms with Crippen LogP contribution in [0.4, 0.5) is 5.69 Å². The predicted molar refractivity (Wildman–Crippen MR) is 111 cm³/mol. The second-order valence-electron chi connectivity index (χ2n) is 6.26. The van der Waals surface area contributed by atoms with Gasteiger partial charge in [-0.2, -0.15) is 0 Å². The monoisotopic (exact) mass is 406 g/mol. The normalized spacial score (nSPS) is 11.7. The van der Waals surface area contributed by atoms with Gasteiger partial charge < -0.3 is 19.3 Å². The summed E-state index contributed by atoms with van der Waals surface area (Å²) >= 11 is 1.60. The van der Waals surface area contributed by atoms with Gasteiger partial charge in [0.15, 0.2) is 0 Å². The molecular weight excluding hydrogens is 388 g/mol. The number of hydrogen-bond acceptors (Lipinski definition) is 6. The molecule has 0 unspecified atom stereocenters. The number of rotatable bonds is 5. The number of hydrogen-bond donors (Lipinski definition) is 2. The number of nitrogens with one attached hydrogen (secondary N) is 1. The minimum Gasteiger partial charge on any atom is -0.508 e. The molecule has 0 fully saturated rings. The van der Waals surface area contributed by atoms with Crippen LogP contribution in [0.5, 0.6) is 5.75 Å². The summed E-state index contributed by atoms with van der Waals surface area (Å²) in [5.41, 5.74) is 1.56. The summed E-state index contributed by atoms with van der Waals surface area (Å²) in [7, 11) is 0. The first-order valence-electron chi connectivity index (χ1n) is 8.88. The Hall–Kier alpha value is -3.45. The van der Waals surface area contributed by atoms with E-state index in [2.05, 4.69) is 10.3 Å². The predicted octanol–water partition coefficient (Wildman–Crippen LogP) is 4.62. The maximum absolute atomic E-state index is 12.9. The van der Waals surface area contributed by atoms with Crippen molar-refractivity contribution < 1.29 is 18.7 Å². The molecular formula is C22H18N2O4S. The first-order chi connectivity index (χ1) is 14.1. The molecule has 2 aromatic carbocycles. The summed E-state index contributed by atoms with van der Waals surface area (Å²) in [6.07, 6.45) is 3.54. The Morgan fingerprint density at radius 3 is 2.83 bits per heavy atom. The molecule has 0 atom stereocenters. The summed E-state index contributed by atoms with van der Waals surface area (Å²) in [5, 5.41) is 13.3. The zero-order valence-electron chi connectivity index (χ0n) is 15.6. The maximum atomic E-state index is 12.9. The first kappa shape index (κ1) is 18.9. The Balaban J connectivity index is 1.80. The number of carbonyl (C=O) groups excluding carboxylic acids is 1. The lowest BCUT2D eigenvalue weighted by Crippen LogP contribution is -2.28. The minimum absolute atomic E-state index is 0.0756. The number of aromatic hydroxyl groups is 1. The van der Waals surface area contributed by atoms with E-state index in [0.29, 0.717) is 28.0 Å². The van der Waals surface area contributed by atoms with Gasteiger partial charge in [0.2, 0.25) is 5.55 Å². The van der Waals surface area contributed by atoms with Crippen molar-refractivity contribution in [1.82, 2.24) is 5.32 Å². The van der Waals surface area contributed by atoms with E-state index in [1.807, 2.05) is 30.5 Å². The van der Waals surface area contributed by atoms with Gasteiger partial charge in [0.25, 0.3) is 5.91 Å². The molecule has 0 saturated heterocycles. The lowest BCUT2D eigenvalue weighted by Gasteiger charge is -2.06. The average molecular weight is 406 g/mol. The molecule has 7 heteroatoms. The fourth-order valence-corrected chi connectivity index (χ4v) is 3.28. The van der Waals surface area contributed by atoms with Gasteiger partial charge in [-0.25, -0.2) is 4.99 Å². The number of benzene rings is 2. The largest absolute Gasteiger partial charge is 0.508 e. The highest BCUT2D eigenvalue weighted by molar-refractivity contribution is 7.98. The van der Waals surface area contributed by atoms with Crippen LogP contribution in [0, 0.1) is 0 Å². The highest BCUT2D eigenvalue weighted by Crippen LogP contribution is 2.22. The molecule has 2 heterocycles. The van der Waals surface area contributed by atoms with Gasteiger partial charge in [-0.1, -0.05) is 6.07 Å². The SMILES string of the molecule is CSc1cccc(N=c2oc3cc(O)ccc3cc2C(=O)NCc2ccco2)c1. The highest BCUT2D eigenvalue weighted by Gasteiger charge is 2.13. The summed E-state index contributed by atoms with van der Waals surface area (Å²) in [6, 6.07) is 17.6. The number of carbonyl (C=O) groups is 1. The van der Waals surface area contributed by atoms with E-state index >= 15 is 0 Å². The van der Waals surface area contributed by atoms with Crippen molar-refractivity contribution in [3.05, 3.63) is 83.8 Å². The zero-order valence-corrected chi connectivity index (χ0v) is 16.4. The molecule has 0 aliphatic heterocycles. The Morgan fingerprint density at radius 2 is 2.03 bits per heavy atom. The summed E-state index contributed by atoms with van der Waals surface area (Å²) in [4.78, 5) is 18.5. The first-order valence-corrected chi connectivity index (χ1v) is 10.1. The van der Waals surface area contributed by atoms with E-state index in [1.165, 1.54) is 6.07 Å². The summed E-state index contributed by atoms with van der Waals surface area (Å²) in [6.45, 7) is 0.251. The Morgan fingerprint density at radius 1 is 1.14 bits per heavy atom. The second kappa shape index (κ2) is 8.28. The van der Waals surface area contributed by atoms with Gasteiger partial charge in [0.1, 0.15) is 22.7 Å².